The van der Waals surface area contributed by atoms with E-state index in [2.05, 4.69) is 37.3 Å². The Morgan fingerprint density at radius 3 is 2.50 bits per heavy atom. The van der Waals surface area contributed by atoms with Crippen molar-refractivity contribution in [1.82, 2.24) is 0 Å². The highest BCUT2D eigenvalue weighted by Gasteiger charge is 2.31. The molecule has 1 aromatic rings. The third-order valence-electron chi connectivity index (χ3n) is 2.92. The minimum Gasteiger partial charge on any atom is -0.0622 e. The molecule has 1 saturated carbocycles. The molecule has 1 aliphatic carbocycles. The Labute approximate surface area is 74.6 Å². The summed E-state index contributed by atoms with van der Waals surface area (Å²) in [6, 6.07) is 10.8. The quantitative estimate of drug-likeness (QED) is 0.636. The molecule has 0 radical (unpaired) electrons. The van der Waals surface area contributed by atoms with Crippen molar-refractivity contribution in [1.29, 1.82) is 0 Å². The first-order valence-electron chi connectivity index (χ1n) is 4.90. The fourth-order valence-electron chi connectivity index (χ4n) is 1.80. The summed E-state index contributed by atoms with van der Waals surface area (Å²) >= 11 is 0. The van der Waals surface area contributed by atoms with E-state index in [9.17, 15) is 0 Å². The van der Waals surface area contributed by atoms with Gasteiger partial charge in [-0.3, -0.25) is 0 Å². The van der Waals surface area contributed by atoms with Crippen molar-refractivity contribution in [3.8, 4) is 0 Å². The van der Waals surface area contributed by atoms with E-state index < -0.39 is 0 Å². The van der Waals surface area contributed by atoms with Crippen molar-refractivity contribution in [3.05, 3.63) is 35.9 Å². The monoisotopic (exact) mass is 160 g/mol. The molecule has 0 nitrogen and oxygen atoms in total. The fraction of sp³-hybridized carbons (Fsp3) is 0.500. The average Bonchev–Trinajstić information content (AvgIpc) is 2.81. The van der Waals surface area contributed by atoms with Gasteiger partial charge < -0.3 is 0 Å². The van der Waals surface area contributed by atoms with Crippen LogP contribution in [-0.4, -0.2) is 0 Å². The first-order valence-corrected chi connectivity index (χ1v) is 4.90. The molecule has 2 atom stereocenters. The lowest BCUT2D eigenvalue weighted by atomic mass is 10.1. The van der Waals surface area contributed by atoms with Gasteiger partial charge in [-0.25, -0.2) is 0 Å². The van der Waals surface area contributed by atoms with Crippen molar-refractivity contribution in [2.75, 3.05) is 0 Å². The Morgan fingerprint density at radius 2 is 1.92 bits per heavy atom. The molecule has 0 heterocycles. The van der Waals surface area contributed by atoms with Crippen LogP contribution in [0.2, 0.25) is 0 Å². The summed E-state index contributed by atoms with van der Waals surface area (Å²) in [5, 5.41) is 0. The summed E-state index contributed by atoms with van der Waals surface area (Å²) in [5.41, 5.74) is 1.50. The normalized spacial score (nSPS) is 27.1. The van der Waals surface area contributed by atoms with Crippen molar-refractivity contribution < 1.29 is 0 Å². The highest BCUT2D eigenvalue weighted by molar-refractivity contribution is 5.14. The minimum absolute atomic E-state index is 1.01. The maximum atomic E-state index is 2.36. The van der Waals surface area contributed by atoms with E-state index in [0.29, 0.717) is 0 Å². The Kier molecular flexibility index (Phi) is 2.16. The van der Waals surface area contributed by atoms with Gasteiger partial charge in [0.25, 0.3) is 0 Å². The predicted molar refractivity (Wildman–Crippen MR) is 52.0 cm³/mol. The van der Waals surface area contributed by atoms with E-state index in [4.69, 9.17) is 0 Å². The summed E-state index contributed by atoms with van der Waals surface area (Å²) in [6.45, 7) is 2.36. The fourth-order valence-corrected chi connectivity index (χ4v) is 1.80. The summed E-state index contributed by atoms with van der Waals surface area (Å²) in [6.07, 6.45) is 4.13. The minimum atomic E-state index is 1.01. The van der Waals surface area contributed by atoms with Crippen molar-refractivity contribution in [3.63, 3.8) is 0 Å². The molecule has 0 bridgehead atoms. The maximum absolute atomic E-state index is 2.36. The van der Waals surface area contributed by atoms with Gasteiger partial charge in [-0.05, 0) is 36.7 Å². The first-order chi connectivity index (χ1) is 5.86. The van der Waals surface area contributed by atoms with Crippen LogP contribution in [0.1, 0.15) is 25.3 Å². The van der Waals surface area contributed by atoms with E-state index >= 15 is 0 Å². The van der Waals surface area contributed by atoms with Crippen molar-refractivity contribution in [2.24, 2.45) is 11.8 Å². The number of aryl methyl sites for hydroxylation is 1. The van der Waals surface area contributed by atoms with Crippen LogP contribution < -0.4 is 0 Å². The van der Waals surface area contributed by atoms with Crippen LogP contribution in [0, 0.1) is 11.8 Å². The number of rotatable bonds is 3. The summed E-state index contributed by atoms with van der Waals surface area (Å²) in [7, 11) is 0. The molecule has 1 fully saturated rings. The third kappa shape index (κ3) is 1.88. The highest BCUT2D eigenvalue weighted by atomic mass is 14.4. The second kappa shape index (κ2) is 3.30. The van der Waals surface area contributed by atoms with Crippen molar-refractivity contribution >= 4 is 0 Å². The van der Waals surface area contributed by atoms with Crippen LogP contribution in [0.4, 0.5) is 0 Å². The SMILES string of the molecule is C[C@H]1C[C@H]1CCc1ccccc1. The van der Waals surface area contributed by atoms with Gasteiger partial charge in [0.1, 0.15) is 0 Å². The summed E-state index contributed by atoms with van der Waals surface area (Å²) < 4.78 is 0. The highest BCUT2D eigenvalue weighted by Crippen LogP contribution is 2.41. The predicted octanol–water partition coefficient (Wildman–Crippen LogP) is 3.28. The molecule has 0 aliphatic heterocycles. The molecule has 0 aromatic heterocycles. The van der Waals surface area contributed by atoms with E-state index in [1.165, 1.54) is 24.8 Å². The molecule has 0 heteroatoms. The Hall–Kier alpha value is -0.780. The van der Waals surface area contributed by atoms with Crippen LogP contribution >= 0.6 is 0 Å². The van der Waals surface area contributed by atoms with Crippen LogP contribution in [0.15, 0.2) is 30.3 Å². The summed E-state index contributed by atoms with van der Waals surface area (Å²) in [5.74, 6) is 2.04. The number of hydrogen-bond donors (Lipinski definition) is 0. The first kappa shape index (κ1) is 7.85. The molecule has 1 aliphatic rings. The van der Waals surface area contributed by atoms with Gasteiger partial charge in [0, 0.05) is 0 Å². The molecular weight excluding hydrogens is 144 g/mol. The summed E-state index contributed by atoms with van der Waals surface area (Å²) in [4.78, 5) is 0. The standard InChI is InChI=1S/C12H16/c1-10-9-12(10)8-7-11-5-3-2-4-6-11/h2-6,10,12H,7-9H2,1H3/t10-,12+/m0/s1. The van der Waals surface area contributed by atoms with Crippen molar-refractivity contribution in [2.45, 2.75) is 26.2 Å². The maximum Gasteiger partial charge on any atom is -0.0276 e. The Bertz CT molecular complexity index is 237. The van der Waals surface area contributed by atoms with Crippen LogP contribution in [-0.2, 0) is 6.42 Å². The average molecular weight is 160 g/mol. The molecule has 64 valence electrons. The molecule has 2 rings (SSSR count). The lowest BCUT2D eigenvalue weighted by Gasteiger charge is -1.98. The van der Waals surface area contributed by atoms with Gasteiger partial charge >= 0.3 is 0 Å². The van der Waals surface area contributed by atoms with Gasteiger partial charge in [-0.2, -0.15) is 0 Å². The van der Waals surface area contributed by atoms with Gasteiger partial charge in [0.2, 0.25) is 0 Å². The molecule has 0 spiro atoms. The topological polar surface area (TPSA) is 0 Å². The zero-order chi connectivity index (χ0) is 8.39. The van der Waals surface area contributed by atoms with Gasteiger partial charge in [0.05, 0.1) is 0 Å². The largest absolute Gasteiger partial charge is 0.0622 e. The molecule has 1 aromatic carbocycles. The lowest BCUT2D eigenvalue weighted by Crippen LogP contribution is -1.86. The zero-order valence-electron chi connectivity index (χ0n) is 7.66. The second-order valence-electron chi connectivity index (χ2n) is 4.00. The van der Waals surface area contributed by atoms with Gasteiger partial charge in [-0.15, -0.1) is 0 Å². The third-order valence-corrected chi connectivity index (χ3v) is 2.92. The zero-order valence-corrected chi connectivity index (χ0v) is 7.66. The Balaban J connectivity index is 1.80. The second-order valence-corrected chi connectivity index (χ2v) is 4.00. The van der Waals surface area contributed by atoms with E-state index in [-0.39, 0.29) is 0 Å². The molecule has 0 amide bonds. The molecule has 0 saturated heterocycles. The van der Waals surface area contributed by atoms with E-state index in [0.717, 1.165) is 11.8 Å². The number of hydrogen-bond acceptors (Lipinski definition) is 0. The van der Waals surface area contributed by atoms with Crippen LogP contribution in [0.3, 0.4) is 0 Å². The van der Waals surface area contributed by atoms with E-state index in [1.807, 2.05) is 0 Å². The molecule has 12 heavy (non-hydrogen) atoms. The van der Waals surface area contributed by atoms with Crippen LogP contribution in [0.25, 0.3) is 0 Å². The van der Waals surface area contributed by atoms with Gasteiger partial charge in [-0.1, -0.05) is 37.3 Å². The molecule has 0 unspecified atom stereocenters. The number of benzene rings is 1. The van der Waals surface area contributed by atoms with E-state index in [1.54, 1.807) is 0 Å². The smallest absolute Gasteiger partial charge is 0.0276 e. The lowest BCUT2D eigenvalue weighted by molar-refractivity contribution is 0.673. The van der Waals surface area contributed by atoms with Crippen LogP contribution in [0.5, 0.6) is 0 Å². The molecule has 0 N–H and O–H groups in total. The van der Waals surface area contributed by atoms with Gasteiger partial charge in [0.15, 0.2) is 0 Å². The molecular formula is C12H16. The Morgan fingerprint density at radius 1 is 1.25 bits per heavy atom.